The Morgan fingerprint density at radius 3 is 2.29 bits per heavy atom. The molecule has 0 amide bonds. The summed E-state index contributed by atoms with van der Waals surface area (Å²) >= 11 is 0. The molecule has 1 aromatic heterocycles. The van der Waals surface area contributed by atoms with Crippen molar-refractivity contribution in [3.63, 3.8) is 0 Å². The van der Waals surface area contributed by atoms with E-state index < -0.39 is 0 Å². The normalized spacial score (nSPS) is 20.8. The van der Waals surface area contributed by atoms with Crippen LogP contribution in [0.4, 0.5) is 0 Å². The molecule has 4 nitrogen and oxygen atoms in total. The highest BCUT2D eigenvalue weighted by molar-refractivity contribution is 5.84. The lowest BCUT2D eigenvalue weighted by atomic mass is 9.90. The van der Waals surface area contributed by atoms with E-state index >= 15 is 0 Å². The minimum absolute atomic E-state index is 0.131. The van der Waals surface area contributed by atoms with Gasteiger partial charge in [-0.25, -0.2) is 4.68 Å². The maximum atomic E-state index is 12.8. The molecule has 3 rings (SSSR count). The Kier molecular flexibility index (Phi) is 3.68. The highest BCUT2D eigenvalue weighted by Crippen LogP contribution is 2.43. The Balaban J connectivity index is 2.04. The summed E-state index contributed by atoms with van der Waals surface area (Å²) < 4.78 is 1.76. The zero-order chi connectivity index (χ0) is 15.2. The summed E-state index contributed by atoms with van der Waals surface area (Å²) in [6.45, 7) is 10.2. The molecule has 1 aliphatic carbocycles. The third-order valence-corrected chi connectivity index (χ3v) is 4.73. The van der Waals surface area contributed by atoms with Crippen LogP contribution in [-0.4, -0.2) is 28.8 Å². The Morgan fingerprint density at radius 1 is 1.14 bits per heavy atom. The minimum atomic E-state index is -0.388. The topological polar surface area (TPSA) is 46.9 Å². The molecule has 0 spiro atoms. The van der Waals surface area contributed by atoms with E-state index in [0.29, 0.717) is 11.8 Å². The predicted octanol–water partition coefficient (Wildman–Crippen LogP) is 3.22. The second-order valence-electron chi connectivity index (χ2n) is 7.66. The van der Waals surface area contributed by atoms with Crippen LogP contribution in [0.5, 0.6) is 0 Å². The fraction of sp³-hybridized carbons (Fsp3) is 0.765. The Morgan fingerprint density at radius 2 is 1.76 bits per heavy atom. The zero-order valence-electron chi connectivity index (χ0n) is 13.7. The van der Waals surface area contributed by atoms with Crippen LogP contribution >= 0.6 is 0 Å². The lowest BCUT2D eigenvalue weighted by molar-refractivity contribution is 0.0741. The third-order valence-electron chi connectivity index (χ3n) is 4.73. The quantitative estimate of drug-likeness (QED) is 0.909. The summed E-state index contributed by atoms with van der Waals surface area (Å²) in [5, 5.41) is 8.17. The van der Waals surface area contributed by atoms with Gasteiger partial charge in [0.2, 0.25) is 0 Å². The van der Waals surface area contributed by atoms with Gasteiger partial charge in [0, 0.05) is 17.3 Å². The van der Waals surface area contributed by atoms with Crippen LogP contribution in [0.1, 0.15) is 80.0 Å². The molecule has 116 valence electrons. The van der Waals surface area contributed by atoms with E-state index in [1.54, 1.807) is 4.68 Å². The van der Waals surface area contributed by atoms with E-state index in [0.717, 1.165) is 25.9 Å². The first-order chi connectivity index (χ1) is 9.89. The van der Waals surface area contributed by atoms with Crippen LogP contribution in [-0.2, 0) is 0 Å². The molecule has 0 bridgehead atoms. The van der Waals surface area contributed by atoms with Gasteiger partial charge in [-0.05, 0) is 51.3 Å². The molecule has 1 aliphatic heterocycles. The lowest BCUT2D eigenvalue weighted by Crippen LogP contribution is -2.33. The fourth-order valence-corrected chi connectivity index (χ4v) is 3.32. The summed E-state index contributed by atoms with van der Waals surface area (Å²) in [6.07, 6.45) is 4.67. The van der Waals surface area contributed by atoms with Gasteiger partial charge in [0.25, 0.3) is 5.91 Å². The minimum Gasteiger partial charge on any atom is -0.317 e. The van der Waals surface area contributed by atoms with Crippen molar-refractivity contribution in [2.24, 2.45) is 5.41 Å². The average Bonchev–Trinajstić information content (AvgIpc) is 3.22. The van der Waals surface area contributed by atoms with Crippen LogP contribution in [0.3, 0.4) is 0 Å². The molecule has 1 saturated heterocycles. The molecule has 0 radical (unpaired) electrons. The highest BCUT2D eigenvalue weighted by Gasteiger charge is 2.36. The Labute approximate surface area is 127 Å². The third kappa shape index (κ3) is 2.78. The molecule has 0 atom stereocenters. The number of nitrogens with one attached hydrogen (secondary N) is 1. The van der Waals surface area contributed by atoms with Gasteiger partial charge in [-0.3, -0.25) is 4.79 Å². The first kappa shape index (κ1) is 14.8. The van der Waals surface area contributed by atoms with Crippen molar-refractivity contribution >= 4 is 5.91 Å². The van der Waals surface area contributed by atoms with E-state index in [1.807, 2.05) is 20.8 Å². The van der Waals surface area contributed by atoms with E-state index in [1.165, 1.54) is 29.8 Å². The molecule has 0 aromatic carbocycles. The molecule has 2 aliphatic rings. The molecule has 21 heavy (non-hydrogen) atoms. The predicted molar refractivity (Wildman–Crippen MR) is 83.9 cm³/mol. The van der Waals surface area contributed by atoms with Gasteiger partial charge in [-0.15, -0.1) is 0 Å². The van der Waals surface area contributed by atoms with Gasteiger partial charge >= 0.3 is 0 Å². The van der Waals surface area contributed by atoms with Crippen LogP contribution in [0.25, 0.3) is 0 Å². The molecule has 1 aromatic rings. The highest BCUT2D eigenvalue weighted by atomic mass is 16.2. The standard InChI is InChI=1S/C17H27N3O/c1-11-14(12-5-6-12)19-20(16(21)17(2,3)4)15(11)13-7-9-18-10-8-13/h12-13,18H,5-10H2,1-4H3. The van der Waals surface area contributed by atoms with Crippen LogP contribution in [0, 0.1) is 12.3 Å². The molecule has 1 N–H and O–H groups in total. The molecule has 4 heteroatoms. The van der Waals surface area contributed by atoms with Crippen LogP contribution in [0.2, 0.25) is 0 Å². The molecule has 2 fully saturated rings. The summed E-state index contributed by atoms with van der Waals surface area (Å²) in [4.78, 5) is 12.8. The van der Waals surface area contributed by atoms with Crippen LogP contribution < -0.4 is 5.32 Å². The maximum absolute atomic E-state index is 12.8. The SMILES string of the molecule is Cc1c(C2CC2)nn(C(=O)C(C)(C)C)c1C1CCNCC1. The Hall–Kier alpha value is -1.16. The van der Waals surface area contributed by atoms with Crippen molar-refractivity contribution < 1.29 is 4.79 Å². The molecular formula is C17H27N3O. The van der Waals surface area contributed by atoms with Crippen molar-refractivity contribution in [2.75, 3.05) is 13.1 Å². The summed E-state index contributed by atoms with van der Waals surface area (Å²) in [6, 6.07) is 0. The van der Waals surface area contributed by atoms with Gasteiger partial charge in [0.1, 0.15) is 0 Å². The van der Waals surface area contributed by atoms with E-state index in [2.05, 4.69) is 12.2 Å². The van der Waals surface area contributed by atoms with Gasteiger partial charge < -0.3 is 5.32 Å². The van der Waals surface area contributed by atoms with Crippen molar-refractivity contribution in [2.45, 2.75) is 65.2 Å². The molecule has 2 heterocycles. The van der Waals surface area contributed by atoms with Gasteiger partial charge in [-0.1, -0.05) is 20.8 Å². The summed E-state index contributed by atoms with van der Waals surface area (Å²) in [5.41, 5.74) is 3.27. The smallest absolute Gasteiger partial charge is 0.252 e. The number of hydrogen-bond donors (Lipinski definition) is 1. The average molecular weight is 289 g/mol. The number of hydrogen-bond acceptors (Lipinski definition) is 3. The first-order valence-electron chi connectivity index (χ1n) is 8.24. The van der Waals surface area contributed by atoms with Crippen molar-refractivity contribution in [1.82, 2.24) is 15.1 Å². The first-order valence-corrected chi connectivity index (χ1v) is 8.24. The number of carbonyl (C=O) groups is 1. The molecular weight excluding hydrogens is 262 g/mol. The van der Waals surface area contributed by atoms with Gasteiger partial charge in [-0.2, -0.15) is 5.10 Å². The van der Waals surface area contributed by atoms with Crippen LogP contribution in [0.15, 0.2) is 0 Å². The van der Waals surface area contributed by atoms with E-state index in [4.69, 9.17) is 5.10 Å². The van der Waals surface area contributed by atoms with Gasteiger partial charge in [0.15, 0.2) is 0 Å². The number of nitrogens with zero attached hydrogens (tertiary/aromatic N) is 2. The second-order valence-corrected chi connectivity index (χ2v) is 7.66. The largest absolute Gasteiger partial charge is 0.317 e. The number of piperidine rings is 1. The summed E-state index contributed by atoms with van der Waals surface area (Å²) in [5.74, 6) is 1.20. The molecule has 0 unspecified atom stereocenters. The van der Waals surface area contributed by atoms with Crippen molar-refractivity contribution in [1.29, 1.82) is 0 Å². The fourth-order valence-electron chi connectivity index (χ4n) is 3.32. The second kappa shape index (κ2) is 5.24. The van der Waals surface area contributed by atoms with Crippen molar-refractivity contribution in [3.05, 3.63) is 17.0 Å². The summed E-state index contributed by atoms with van der Waals surface area (Å²) in [7, 11) is 0. The number of aromatic nitrogens is 2. The van der Waals surface area contributed by atoms with Crippen molar-refractivity contribution in [3.8, 4) is 0 Å². The number of rotatable bonds is 2. The van der Waals surface area contributed by atoms with Gasteiger partial charge in [0.05, 0.1) is 11.4 Å². The van der Waals surface area contributed by atoms with E-state index in [9.17, 15) is 4.79 Å². The Bertz CT molecular complexity index is 543. The monoisotopic (exact) mass is 289 g/mol. The number of carbonyl (C=O) groups excluding carboxylic acids is 1. The maximum Gasteiger partial charge on any atom is 0.252 e. The lowest BCUT2D eigenvalue weighted by Gasteiger charge is -2.26. The van der Waals surface area contributed by atoms with E-state index in [-0.39, 0.29) is 11.3 Å². The zero-order valence-corrected chi connectivity index (χ0v) is 13.7. The molecule has 1 saturated carbocycles.